The second kappa shape index (κ2) is 8.10. The molecule has 0 unspecified atom stereocenters. The van der Waals surface area contributed by atoms with Gasteiger partial charge in [-0.3, -0.25) is 9.10 Å². The molecule has 0 aliphatic rings. The molecule has 0 spiro atoms. The van der Waals surface area contributed by atoms with Gasteiger partial charge in [0, 0.05) is 23.7 Å². The smallest absolute Gasteiger partial charge is 0.232 e. The minimum Gasteiger partial charge on any atom is -0.326 e. The van der Waals surface area contributed by atoms with Gasteiger partial charge in [0.05, 0.1) is 11.9 Å². The van der Waals surface area contributed by atoms with Gasteiger partial charge in [-0.15, -0.1) is 0 Å². The summed E-state index contributed by atoms with van der Waals surface area (Å²) in [7, 11) is -3.50. The van der Waals surface area contributed by atoms with Crippen LogP contribution in [-0.4, -0.2) is 27.1 Å². The Morgan fingerprint density at radius 1 is 1.08 bits per heavy atom. The second-order valence-corrected chi connectivity index (χ2v) is 8.78. The third-order valence-corrected chi connectivity index (χ3v) is 5.34. The standard InChI is InChI=1S/C19H23ClN2O3S/c1-13-9-14(2)11-17(10-13)22(26(4,24)25)8-7-19(23)21-18-12-16(20)6-5-15(18)3/h5-6,9-12H,7-8H2,1-4H3,(H,21,23). The summed E-state index contributed by atoms with van der Waals surface area (Å²) in [6.07, 6.45) is 1.18. The van der Waals surface area contributed by atoms with Crippen LogP contribution >= 0.6 is 11.6 Å². The Morgan fingerprint density at radius 2 is 1.69 bits per heavy atom. The molecule has 2 aromatic carbocycles. The Balaban J connectivity index is 2.15. The third kappa shape index (κ3) is 5.47. The Hall–Kier alpha value is -2.05. The number of carbonyl (C=O) groups excluding carboxylic acids is 1. The van der Waals surface area contributed by atoms with Gasteiger partial charge in [-0.05, 0) is 61.7 Å². The highest BCUT2D eigenvalue weighted by molar-refractivity contribution is 7.92. The van der Waals surface area contributed by atoms with Gasteiger partial charge in [0.15, 0.2) is 0 Å². The van der Waals surface area contributed by atoms with Crippen LogP contribution in [-0.2, 0) is 14.8 Å². The van der Waals surface area contributed by atoms with Gasteiger partial charge in [-0.1, -0.05) is 23.7 Å². The average molecular weight is 395 g/mol. The van der Waals surface area contributed by atoms with Crippen molar-refractivity contribution in [3.8, 4) is 0 Å². The molecular formula is C19H23ClN2O3S. The Bertz CT molecular complexity index is 906. The minimum atomic E-state index is -3.50. The van der Waals surface area contributed by atoms with E-state index in [-0.39, 0.29) is 18.9 Å². The van der Waals surface area contributed by atoms with Crippen LogP contribution < -0.4 is 9.62 Å². The molecule has 5 nitrogen and oxygen atoms in total. The van der Waals surface area contributed by atoms with Crippen molar-refractivity contribution in [1.82, 2.24) is 0 Å². The van der Waals surface area contributed by atoms with E-state index in [1.165, 1.54) is 4.31 Å². The summed E-state index contributed by atoms with van der Waals surface area (Å²) in [6.45, 7) is 5.74. The predicted molar refractivity (Wildman–Crippen MR) is 108 cm³/mol. The molecule has 0 atom stereocenters. The summed E-state index contributed by atoms with van der Waals surface area (Å²) in [6, 6.07) is 10.8. The number of anilines is 2. The molecule has 7 heteroatoms. The highest BCUT2D eigenvalue weighted by Gasteiger charge is 2.19. The fourth-order valence-electron chi connectivity index (χ4n) is 2.73. The van der Waals surface area contributed by atoms with E-state index in [1.807, 2.05) is 32.9 Å². The zero-order valence-electron chi connectivity index (χ0n) is 15.3. The van der Waals surface area contributed by atoms with Crippen LogP contribution in [0.4, 0.5) is 11.4 Å². The summed E-state index contributed by atoms with van der Waals surface area (Å²) in [4.78, 5) is 12.3. The van der Waals surface area contributed by atoms with E-state index in [9.17, 15) is 13.2 Å². The number of hydrogen-bond acceptors (Lipinski definition) is 3. The minimum absolute atomic E-state index is 0.0337. The second-order valence-electron chi connectivity index (χ2n) is 6.44. The summed E-state index contributed by atoms with van der Waals surface area (Å²) >= 11 is 5.96. The van der Waals surface area contributed by atoms with Gasteiger partial charge in [0.25, 0.3) is 0 Å². The number of sulfonamides is 1. The van der Waals surface area contributed by atoms with Crippen molar-refractivity contribution in [1.29, 1.82) is 0 Å². The van der Waals surface area contributed by atoms with Gasteiger partial charge in [-0.25, -0.2) is 8.42 Å². The molecule has 0 bridgehead atoms. The normalized spacial score (nSPS) is 11.3. The quantitative estimate of drug-likeness (QED) is 0.803. The largest absolute Gasteiger partial charge is 0.326 e. The maximum Gasteiger partial charge on any atom is 0.232 e. The van der Waals surface area contributed by atoms with Crippen LogP contribution in [0.5, 0.6) is 0 Å². The predicted octanol–water partition coefficient (Wildman–Crippen LogP) is 4.06. The fourth-order valence-corrected chi connectivity index (χ4v) is 3.81. The lowest BCUT2D eigenvalue weighted by molar-refractivity contribution is -0.116. The van der Waals surface area contributed by atoms with E-state index < -0.39 is 10.0 Å². The van der Waals surface area contributed by atoms with Gasteiger partial charge in [-0.2, -0.15) is 0 Å². The highest BCUT2D eigenvalue weighted by atomic mass is 35.5. The van der Waals surface area contributed by atoms with Crippen molar-refractivity contribution in [3.05, 3.63) is 58.1 Å². The number of amides is 1. The summed E-state index contributed by atoms with van der Waals surface area (Å²) in [5.74, 6) is -0.270. The zero-order chi connectivity index (χ0) is 19.5. The Labute approximate surface area is 160 Å². The fraction of sp³-hybridized carbons (Fsp3) is 0.316. The van der Waals surface area contributed by atoms with Crippen molar-refractivity contribution in [2.24, 2.45) is 0 Å². The lowest BCUT2D eigenvalue weighted by atomic mass is 10.1. The maximum atomic E-state index is 12.3. The van der Waals surface area contributed by atoms with E-state index in [2.05, 4.69) is 5.32 Å². The van der Waals surface area contributed by atoms with Crippen LogP contribution in [0, 0.1) is 20.8 Å². The zero-order valence-corrected chi connectivity index (χ0v) is 16.9. The van der Waals surface area contributed by atoms with E-state index >= 15 is 0 Å². The first kappa shape index (κ1) is 20.3. The molecule has 0 fully saturated rings. The van der Waals surface area contributed by atoms with E-state index in [4.69, 9.17) is 11.6 Å². The molecule has 2 rings (SSSR count). The summed E-state index contributed by atoms with van der Waals surface area (Å²) in [5.41, 5.74) is 4.01. The van der Waals surface area contributed by atoms with Crippen LogP contribution in [0.25, 0.3) is 0 Å². The van der Waals surface area contributed by atoms with E-state index in [0.717, 1.165) is 22.9 Å². The highest BCUT2D eigenvalue weighted by Crippen LogP contribution is 2.23. The van der Waals surface area contributed by atoms with Crippen molar-refractivity contribution < 1.29 is 13.2 Å². The molecule has 0 radical (unpaired) electrons. The van der Waals surface area contributed by atoms with Gasteiger partial charge in [0.2, 0.25) is 15.9 Å². The number of halogens is 1. The molecule has 2 aromatic rings. The number of carbonyl (C=O) groups is 1. The number of rotatable bonds is 6. The average Bonchev–Trinajstić information content (AvgIpc) is 2.49. The molecule has 0 heterocycles. The molecule has 140 valence electrons. The number of hydrogen-bond donors (Lipinski definition) is 1. The lowest BCUT2D eigenvalue weighted by Crippen LogP contribution is -2.33. The number of nitrogens with one attached hydrogen (secondary N) is 1. The van der Waals surface area contributed by atoms with Gasteiger partial charge >= 0.3 is 0 Å². The number of aryl methyl sites for hydroxylation is 3. The summed E-state index contributed by atoms with van der Waals surface area (Å²) < 4.78 is 25.7. The molecule has 0 saturated carbocycles. The van der Waals surface area contributed by atoms with Crippen LogP contribution in [0.1, 0.15) is 23.1 Å². The van der Waals surface area contributed by atoms with E-state index in [0.29, 0.717) is 16.4 Å². The first-order chi connectivity index (χ1) is 12.1. The van der Waals surface area contributed by atoms with Crippen LogP contribution in [0.15, 0.2) is 36.4 Å². The van der Waals surface area contributed by atoms with Gasteiger partial charge in [0.1, 0.15) is 0 Å². The number of benzene rings is 2. The molecular weight excluding hydrogens is 372 g/mol. The molecule has 0 aromatic heterocycles. The van der Waals surface area contributed by atoms with Crippen LogP contribution in [0.3, 0.4) is 0 Å². The monoisotopic (exact) mass is 394 g/mol. The van der Waals surface area contributed by atoms with Crippen molar-refractivity contribution in [3.63, 3.8) is 0 Å². The topological polar surface area (TPSA) is 66.5 Å². The molecule has 1 N–H and O–H groups in total. The van der Waals surface area contributed by atoms with Crippen LogP contribution in [0.2, 0.25) is 5.02 Å². The lowest BCUT2D eigenvalue weighted by Gasteiger charge is -2.23. The molecule has 0 aliphatic carbocycles. The molecule has 0 saturated heterocycles. The molecule has 0 aliphatic heterocycles. The SMILES string of the molecule is Cc1cc(C)cc(N(CCC(=O)Nc2cc(Cl)ccc2C)S(C)(=O)=O)c1. The van der Waals surface area contributed by atoms with Gasteiger partial charge < -0.3 is 5.32 Å². The Kier molecular flexibility index (Phi) is 6.31. The molecule has 1 amide bonds. The first-order valence-electron chi connectivity index (χ1n) is 8.18. The maximum absolute atomic E-state index is 12.3. The summed E-state index contributed by atoms with van der Waals surface area (Å²) in [5, 5.41) is 3.31. The number of nitrogens with zero attached hydrogens (tertiary/aromatic N) is 1. The van der Waals surface area contributed by atoms with Crippen molar-refractivity contribution >= 4 is 38.9 Å². The molecule has 26 heavy (non-hydrogen) atoms. The van der Waals surface area contributed by atoms with Crippen molar-refractivity contribution in [2.45, 2.75) is 27.2 Å². The first-order valence-corrected chi connectivity index (χ1v) is 10.4. The van der Waals surface area contributed by atoms with Crippen molar-refractivity contribution in [2.75, 3.05) is 22.4 Å². The van der Waals surface area contributed by atoms with E-state index in [1.54, 1.807) is 24.3 Å². The third-order valence-electron chi connectivity index (χ3n) is 3.91. The Morgan fingerprint density at radius 3 is 2.27 bits per heavy atom.